The van der Waals surface area contributed by atoms with Crippen LogP contribution in [0, 0.1) is 0 Å². The van der Waals surface area contributed by atoms with E-state index in [1.165, 1.54) is 18.2 Å². The first-order valence-corrected chi connectivity index (χ1v) is 8.61. The predicted molar refractivity (Wildman–Crippen MR) is 86.5 cm³/mol. The monoisotopic (exact) mass is 355 g/mol. The van der Waals surface area contributed by atoms with Crippen molar-refractivity contribution in [2.24, 2.45) is 4.76 Å². The zero-order chi connectivity index (χ0) is 18.0. The highest BCUT2D eigenvalue weighted by Crippen LogP contribution is 2.39. The van der Waals surface area contributed by atoms with Crippen molar-refractivity contribution in [2.45, 2.75) is 25.0 Å². The van der Waals surface area contributed by atoms with Crippen LogP contribution in [-0.2, 0) is 11.0 Å². The SMILES string of the molecule is O=P(O)(O)N=C1CC(O)=CC=C1C(O)(O)CCc1cccc(O)c1. The van der Waals surface area contributed by atoms with Gasteiger partial charge in [-0.2, -0.15) is 4.76 Å². The van der Waals surface area contributed by atoms with Crippen molar-refractivity contribution in [1.82, 2.24) is 0 Å². The first-order chi connectivity index (χ1) is 11.1. The van der Waals surface area contributed by atoms with E-state index < -0.39 is 13.5 Å². The molecule has 0 aromatic heterocycles. The van der Waals surface area contributed by atoms with E-state index in [2.05, 4.69) is 4.76 Å². The summed E-state index contributed by atoms with van der Waals surface area (Å²) >= 11 is 0. The van der Waals surface area contributed by atoms with E-state index in [0.717, 1.165) is 6.08 Å². The molecule has 1 aromatic rings. The average Bonchev–Trinajstić information content (AvgIpc) is 2.43. The minimum absolute atomic E-state index is 0.0440. The second-order valence-electron chi connectivity index (χ2n) is 5.46. The van der Waals surface area contributed by atoms with E-state index in [4.69, 9.17) is 9.79 Å². The van der Waals surface area contributed by atoms with Gasteiger partial charge in [-0.25, -0.2) is 4.57 Å². The van der Waals surface area contributed by atoms with Crippen LogP contribution in [0.2, 0.25) is 0 Å². The van der Waals surface area contributed by atoms with Crippen LogP contribution in [0.25, 0.3) is 0 Å². The van der Waals surface area contributed by atoms with E-state index in [0.29, 0.717) is 5.56 Å². The third-order valence-electron chi connectivity index (χ3n) is 3.46. The van der Waals surface area contributed by atoms with Gasteiger partial charge in [0.05, 0.1) is 11.5 Å². The molecular formula is C15H18NO7P. The fraction of sp³-hybridized carbons (Fsp3) is 0.267. The number of aromatic hydroxyl groups is 1. The Bertz CT molecular complexity index is 761. The van der Waals surface area contributed by atoms with E-state index in [9.17, 15) is 25.0 Å². The predicted octanol–water partition coefficient (Wildman–Crippen LogP) is 1.31. The van der Waals surface area contributed by atoms with Gasteiger partial charge in [-0.05, 0) is 36.3 Å². The lowest BCUT2D eigenvalue weighted by Gasteiger charge is -2.27. The van der Waals surface area contributed by atoms with Gasteiger partial charge in [0.2, 0.25) is 0 Å². The zero-order valence-corrected chi connectivity index (χ0v) is 13.5. The Morgan fingerprint density at radius 2 is 1.88 bits per heavy atom. The number of aryl methyl sites for hydroxylation is 1. The van der Waals surface area contributed by atoms with Crippen molar-refractivity contribution in [3.8, 4) is 5.75 Å². The van der Waals surface area contributed by atoms with Gasteiger partial charge in [0.25, 0.3) is 0 Å². The topological polar surface area (TPSA) is 151 Å². The number of phenolic OH excluding ortho intramolecular Hbond substituents is 1. The molecule has 0 bridgehead atoms. The van der Waals surface area contributed by atoms with Gasteiger partial charge in [0.15, 0.2) is 5.79 Å². The van der Waals surface area contributed by atoms with Gasteiger partial charge in [-0.1, -0.05) is 12.1 Å². The van der Waals surface area contributed by atoms with Crippen LogP contribution in [0.1, 0.15) is 18.4 Å². The van der Waals surface area contributed by atoms with Crippen LogP contribution >= 0.6 is 7.75 Å². The van der Waals surface area contributed by atoms with Gasteiger partial charge in [-0.3, -0.25) is 0 Å². The fourth-order valence-corrected chi connectivity index (χ4v) is 2.87. The molecule has 0 heterocycles. The molecule has 0 saturated heterocycles. The van der Waals surface area contributed by atoms with Crippen molar-refractivity contribution < 1.29 is 34.8 Å². The summed E-state index contributed by atoms with van der Waals surface area (Å²) in [5, 5.41) is 39.5. The lowest BCUT2D eigenvalue weighted by molar-refractivity contribution is -0.128. The first kappa shape index (κ1) is 18.4. The maximum absolute atomic E-state index is 11.1. The second-order valence-corrected chi connectivity index (χ2v) is 6.69. The van der Waals surface area contributed by atoms with E-state index >= 15 is 0 Å². The molecule has 0 fully saturated rings. The summed E-state index contributed by atoms with van der Waals surface area (Å²) in [6, 6.07) is 6.27. The van der Waals surface area contributed by atoms with Crippen molar-refractivity contribution in [3.05, 3.63) is 53.3 Å². The molecule has 0 amide bonds. The van der Waals surface area contributed by atoms with Gasteiger partial charge < -0.3 is 30.2 Å². The minimum atomic E-state index is -4.80. The number of nitrogens with zero attached hydrogens (tertiary/aromatic N) is 1. The van der Waals surface area contributed by atoms with Crippen molar-refractivity contribution in [1.29, 1.82) is 0 Å². The Morgan fingerprint density at radius 1 is 1.17 bits per heavy atom. The number of aliphatic hydroxyl groups excluding tert-OH is 1. The van der Waals surface area contributed by atoms with E-state index in [1.807, 2.05) is 0 Å². The molecule has 1 aliphatic carbocycles. The fourth-order valence-electron chi connectivity index (χ4n) is 2.38. The number of aliphatic hydroxyl groups is 3. The summed E-state index contributed by atoms with van der Waals surface area (Å²) in [5.74, 6) is -2.56. The molecule has 1 aliphatic rings. The molecule has 2 rings (SSSR count). The molecule has 1 aromatic carbocycles. The highest BCUT2D eigenvalue weighted by atomic mass is 31.2. The van der Waals surface area contributed by atoms with Gasteiger partial charge in [0.1, 0.15) is 5.75 Å². The normalized spacial score (nSPS) is 17.6. The van der Waals surface area contributed by atoms with Crippen LogP contribution in [0.4, 0.5) is 0 Å². The van der Waals surface area contributed by atoms with E-state index in [1.54, 1.807) is 12.1 Å². The number of benzene rings is 1. The standard InChI is InChI=1S/C15H18NO7P/c17-11-3-1-2-10(8-11)6-7-15(19,20)13-5-4-12(18)9-14(13)16-24(21,22)23/h1-5,8,17-20H,6-7,9H2,(H2,21,22,23). The summed E-state index contributed by atoms with van der Waals surface area (Å²) < 4.78 is 14.3. The third-order valence-corrected chi connectivity index (χ3v) is 3.96. The summed E-state index contributed by atoms with van der Waals surface area (Å²) in [6.45, 7) is 0. The quantitative estimate of drug-likeness (QED) is 0.344. The van der Waals surface area contributed by atoms with Crippen molar-refractivity contribution in [2.75, 3.05) is 0 Å². The summed E-state index contributed by atoms with van der Waals surface area (Å²) in [5.41, 5.74) is 0.179. The molecule has 8 nitrogen and oxygen atoms in total. The molecule has 6 N–H and O–H groups in total. The Balaban J connectivity index is 2.24. The van der Waals surface area contributed by atoms with Gasteiger partial charge >= 0.3 is 7.75 Å². The molecule has 0 aliphatic heterocycles. The number of phenols is 1. The highest BCUT2D eigenvalue weighted by Gasteiger charge is 2.34. The Hall–Kier alpha value is -1.96. The maximum atomic E-state index is 11.1. The smallest absolute Gasteiger partial charge is 0.448 e. The molecule has 0 atom stereocenters. The Kier molecular flexibility index (Phi) is 5.27. The van der Waals surface area contributed by atoms with Crippen LogP contribution in [0.15, 0.2) is 52.5 Å². The third kappa shape index (κ3) is 5.02. The van der Waals surface area contributed by atoms with Crippen LogP contribution in [0.3, 0.4) is 0 Å². The first-order valence-electron chi connectivity index (χ1n) is 7.05. The summed E-state index contributed by atoms with van der Waals surface area (Å²) in [7, 11) is -4.80. The number of hydrogen-bond acceptors (Lipinski definition) is 5. The lowest BCUT2D eigenvalue weighted by Crippen LogP contribution is -2.36. The minimum Gasteiger partial charge on any atom is -0.512 e. The number of hydrogen-bond donors (Lipinski definition) is 6. The Morgan fingerprint density at radius 3 is 2.50 bits per heavy atom. The maximum Gasteiger partial charge on any atom is 0.448 e. The van der Waals surface area contributed by atoms with Crippen molar-refractivity contribution in [3.63, 3.8) is 0 Å². The molecule has 0 unspecified atom stereocenters. The molecule has 0 spiro atoms. The van der Waals surface area contributed by atoms with E-state index in [-0.39, 0.29) is 42.1 Å². The molecule has 0 radical (unpaired) electrons. The highest BCUT2D eigenvalue weighted by molar-refractivity contribution is 7.50. The Labute approximate surface area is 138 Å². The largest absolute Gasteiger partial charge is 0.512 e. The average molecular weight is 355 g/mol. The van der Waals surface area contributed by atoms with Gasteiger partial charge in [-0.15, -0.1) is 0 Å². The molecule has 9 heteroatoms. The lowest BCUT2D eigenvalue weighted by atomic mass is 9.90. The molecule has 24 heavy (non-hydrogen) atoms. The number of allylic oxidation sites excluding steroid dienone is 3. The summed E-state index contributed by atoms with van der Waals surface area (Å²) in [6.07, 6.45) is 2.06. The molecule has 0 saturated carbocycles. The van der Waals surface area contributed by atoms with Crippen LogP contribution < -0.4 is 0 Å². The van der Waals surface area contributed by atoms with Crippen LogP contribution in [-0.4, -0.2) is 41.7 Å². The zero-order valence-electron chi connectivity index (χ0n) is 12.6. The summed E-state index contributed by atoms with van der Waals surface area (Å²) in [4.78, 5) is 18.0. The second kappa shape index (κ2) is 6.88. The number of rotatable bonds is 5. The van der Waals surface area contributed by atoms with Crippen LogP contribution in [0.5, 0.6) is 5.75 Å². The van der Waals surface area contributed by atoms with Crippen molar-refractivity contribution >= 4 is 13.5 Å². The molecule has 130 valence electrons. The molecular weight excluding hydrogens is 337 g/mol. The van der Waals surface area contributed by atoms with Gasteiger partial charge in [0, 0.05) is 18.4 Å².